The van der Waals surface area contributed by atoms with E-state index in [0.717, 1.165) is 28.4 Å². The van der Waals surface area contributed by atoms with Crippen molar-refractivity contribution >= 4 is 5.69 Å². The summed E-state index contributed by atoms with van der Waals surface area (Å²) in [5, 5.41) is 7.80. The van der Waals surface area contributed by atoms with Crippen LogP contribution in [-0.2, 0) is 6.54 Å². The standard InChI is InChI=1S/C19H17N5O/c1-14-21-13-19(25-14)15-2-4-16(5-3-15)22-12-18-8-11-23-24(18)17-6-9-20-10-7-17/h2-11,13,22H,12H2,1H3. The van der Waals surface area contributed by atoms with Crippen molar-refractivity contribution in [2.45, 2.75) is 13.5 Å². The summed E-state index contributed by atoms with van der Waals surface area (Å²) < 4.78 is 7.45. The molecule has 0 aliphatic rings. The van der Waals surface area contributed by atoms with Crippen molar-refractivity contribution in [1.82, 2.24) is 19.7 Å². The fourth-order valence-corrected chi connectivity index (χ4v) is 2.62. The Balaban J connectivity index is 1.47. The first-order valence-electron chi connectivity index (χ1n) is 8.00. The zero-order valence-electron chi connectivity index (χ0n) is 13.8. The summed E-state index contributed by atoms with van der Waals surface area (Å²) in [4.78, 5) is 8.17. The van der Waals surface area contributed by atoms with Crippen LogP contribution < -0.4 is 5.32 Å². The van der Waals surface area contributed by atoms with Gasteiger partial charge in [-0.1, -0.05) is 0 Å². The molecule has 25 heavy (non-hydrogen) atoms. The molecule has 6 heteroatoms. The van der Waals surface area contributed by atoms with Gasteiger partial charge in [0.25, 0.3) is 0 Å². The first-order chi connectivity index (χ1) is 12.3. The number of nitrogens with one attached hydrogen (secondary N) is 1. The molecular weight excluding hydrogens is 314 g/mol. The molecule has 0 bridgehead atoms. The molecule has 4 rings (SSSR count). The first kappa shape index (κ1) is 15.1. The number of benzene rings is 1. The molecule has 0 radical (unpaired) electrons. The Hall–Kier alpha value is -3.41. The summed E-state index contributed by atoms with van der Waals surface area (Å²) in [5.74, 6) is 1.45. The minimum atomic E-state index is 0.668. The van der Waals surface area contributed by atoms with Gasteiger partial charge in [0.1, 0.15) is 0 Å². The van der Waals surface area contributed by atoms with Crippen LogP contribution in [0.2, 0.25) is 0 Å². The van der Waals surface area contributed by atoms with Gasteiger partial charge in [0.2, 0.25) is 0 Å². The Bertz CT molecular complexity index is 957. The second-order valence-corrected chi connectivity index (χ2v) is 5.61. The second-order valence-electron chi connectivity index (χ2n) is 5.61. The average Bonchev–Trinajstić information content (AvgIpc) is 3.30. The predicted molar refractivity (Wildman–Crippen MR) is 95.4 cm³/mol. The Kier molecular flexibility index (Phi) is 4.00. The molecule has 3 heterocycles. The van der Waals surface area contributed by atoms with Gasteiger partial charge in [-0.3, -0.25) is 4.98 Å². The minimum Gasteiger partial charge on any atom is -0.441 e. The van der Waals surface area contributed by atoms with Gasteiger partial charge in [-0.2, -0.15) is 5.10 Å². The summed E-state index contributed by atoms with van der Waals surface area (Å²) in [6, 6.07) is 14.0. The van der Waals surface area contributed by atoms with Crippen LogP contribution in [0.3, 0.4) is 0 Å². The van der Waals surface area contributed by atoms with Crippen molar-refractivity contribution in [3.8, 4) is 17.0 Å². The third-order valence-corrected chi connectivity index (χ3v) is 3.89. The number of rotatable bonds is 5. The van der Waals surface area contributed by atoms with E-state index < -0.39 is 0 Å². The van der Waals surface area contributed by atoms with E-state index in [1.165, 1.54) is 0 Å². The number of aryl methyl sites for hydroxylation is 1. The third-order valence-electron chi connectivity index (χ3n) is 3.89. The summed E-state index contributed by atoms with van der Waals surface area (Å²) in [6.45, 7) is 2.51. The predicted octanol–water partition coefficient (Wildman–Crippen LogP) is 3.84. The molecule has 0 aliphatic carbocycles. The normalized spacial score (nSPS) is 10.8. The highest BCUT2D eigenvalue weighted by Gasteiger charge is 2.06. The highest BCUT2D eigenvalue weighted by Crippen LogP contribution is 2.22. The van der Waals surface area contributed by atoms with Crippen molar-refractivity contribution in [1.29, 1.82) is 0 Å². The fraction of sp³-hybridized carbons (Fsp3) is 0.105. The monoisotopic (exact) mass is 331 g/mol. The molecule has 0 spiro atoms. The van der Waals surface area contributed by atoms with Crippen LogP contribution in [0.15, 0.2) is 71.7 Å². The quantitative estimate of drug-likeness (QED) is 0.602. The smallest absolute Gasteiger partial charge is 0.191 e. The number of aromatic nitrogens is 4. The van der Waals surface area contributed by atoms with Crippen molar-refractivity contribution in [3.05, 3.63) is 78.8 Å². The number of hydrogen-bond donors (Lipinski definition) is 1. The Morgan fingerprint density at radius 1 is 1.00 bits per heavy atom. The summed E-state index contributed by atoms with van der Waals surface area (Å²) in [6.07, 6.45) is 7.06. The van der Waals surface area contributed by atoms with E-state index in [4.69, 9.17) is 4.42 Å². The zero-order chi connectivity index (χ0) is 17.1. The van der Waals surface area contributed by atoms with Gasteiger partial charge >= 0.3 is 0 Å². The number of nitrogens with zero attached hydrogens (tertiary/aromatic N) is 4. The number of anilines is 1. The van der Waals surface area contributed by atoms with Crippen LogP contribution >= 0.6 is 0 Å². The Morgan fingerprint density at radius 2 is 1.80 bits per heavy atom. The number of oxazole rings is 1. The van der Waals surface area contributed by atoms with Crippen LogP contribution in [0.25, 0.3) is 17.0 Å². The third kappa shape index (κ3) is 3.28. The zero-order valence-corrected chi connectivity index (χ0v) is 13.8. The molecule has 124 valence electrons. The van der Waals surface area contributed by atoms with E-state index in [2.05, 4.69) is 20.4 Å². The first-order valence-corrected chi connectivity index (χ1v) is 8.00. The van der Waals surface area contributed by atoms with Gasteiger partial charge in [0.05, 0.1) is 24.1 Å². The maximum atomic E-state index is 5.54. The number of pyridine rings is 1. The van der Waals surface area contributed by atoms with E-state index in [1.807, 2.05) is 54.1 Å². The van der Waals surface area contributed by atoms with Crippen molar-refractivity contribution < 1.29 is 4.42 Å². The molecule has 0 aliphatic heterocycles. The van der Waals surface area contributed by atoms with Gasteiger partial charge in [0, 0.05) is 36.8 Å². The SMILES string of the molecule is Cc1ncc(-c2ccc(NCc3ccnn3-c3ccncc3)cc2)o1. The molecule has 1 aromatic carbocycles. The molecule has 3 aromatic heterocycles. The summed E-state index contributed by atoms with van der Waals surface area (Å²) in [7, 11) is 0. The van der Waals surface area contributed by atoms with E-state index in [-0.39, 0.29) is 0 Å². The Labute approximate surface area is 145 Å². The molecular formula is C19H17N5O. The van der Waals surface area contributed by atoms with Gasteiger partial charge in [-0.25, -0.2) is 9.67 Å². The maximum absolute atomic E-state index is 5.54. The molecule has 0 saturated heterocycles. The van der Waals surface area contributed by atoms with E-state index in [9.17, 15) is 0 Å². The molecule has 0 unspecified atom stereocenters. The fourth-order valence-electron chi connectivity index (χ4n) is 2.62. The van der Waals surface area contributed by atoms with E-state index >= 15 is 0 Å². The van der Waals surface area contributed by atoms with Gasteiger partial charge < -0.3 is 9.73 Å². The van der Waals surface area contributed by atoms with Crippen LogP contribution in [0.5, 0.6) is 0 Å². The lowest BCUT2D eigenvalue weighted by Crippen LogP contribution is -2.07. The summed E-state index contributed by atoms with van der Waals surface area (Å²) >= 11 is 0. The van der Waals surface area contributed by atoms with Crippen LogP contribution in [-0.4, -0.2) is 19.7 Å². The number of hydrogen-bond acceptors (Lipinski definition) is 5. The van der Waals surface area contributed by atoms with Crippen molar-refractivity contribution in [2.24, 2.45) is 0 Å². The lowest BCUT2D eigenvalue weighted by Gasteiger charge is -2.10. The second kappa shape index (κ2) is 6.60. The molecule has 0 saturated carbocycles. The molecule has 0 amide bonds. The lowest BCUT2D eigenvalue weighted by molar-refractivity contribution is 0.534. The molecule has 0 atom stereocenters. The molecule has 4 aromatic rings. The van der Waals surface area contributed by atoms with E-state index in [1.54, 1.807) is 24.8 Å². The Morgan fingerprint density at radius 3 is 2.52 bits per heavy atom. The van der Waals surface area contributed by atoms with Crippen LogP contribution in [0.4, 0.5) is 5.69 Å². The van der Waals surface area contributed by atoms with Gasteiger partial charge in [0.15, 0.2) is 11.7 Å². The molecule has 6 nitrogen and oxygen atoms in total. The van der Waals surface area contributed by atoms with Crippen LogP contribution in [0.1, 0.15) is 11.6 Å². The lowest BCUT2D eigenvalue weighted by atomic mass is 10.1. The minimum absolute atomic E-state index is 0.668. The van der Waals surface area contributed by atoms with Crippen molar-refractivity contribution in [2.75, 3.05) is 5.32 Å². The highest BCUT2D eigenvalue weighted by molar-refractivity contribution is 5.60. The van der Waals surface area contributed by atoms with Gasteiger partial charge in [-0.15, -0.1) is 0 Å². The maximum Gasteiger partial charge on any atom is 0.191 e. The van der Waals surface area contributed by atoms with Gasteiger partial charge in [-0.05, 0) is 42.5 Å². The largest absolute Gasteiger partial charge is 0.441 e. The molecule has 1 N–H and O–H groups in total. The van der Waals surface area contributed by atoms with Crippen LogP contribution in [0, 0.1) is 6.92 Å². The summed E-state index contributed by atoms with van der Waals surface area (Å²) in [5.41, 5.74) is 4.10. The van der Waals surface area contributed by atoms with E-state index in [0.29, 0.717) is 12.4 Å². The molecule has 0 fully saturated rings. The highest BCUT2D eigenvalue weighted by atomic mass is 16.4. The topological polar surface area (TPSA) is 68.8 Å². The van der Waals surface area contributed by atoms with Crippen molar-refractivity contribution in [3.63, 3.8) is 0 Å². The average molecular weight is 331 g/mol.